The molecule has 32 heavy (non-hydrogen) atoms. The molecule has 3 saturated heterocycles. The highest BCUT2D eigenvalue weighted by molar-refractivity contribution is 9.09. The van der Waals surface area contributed by atoms with Crippen molar-refractivity contribution >= 4 is 62.7 Å². The van der Waals surface area contributed by atoms with Crippen molar-refractivity contribution in [3.63, 3.8) is 0 Å². The van der Waals surface area contributed by atoms with Crippen LogP contribution in [0.2, 0.25) is 5.02 Å². The van der Waals surface area contributed by atoms with Crippen LogP contribution in [0.4, 0.5) is 5.69 Å². The summed E-state index contributed by atoms with van der Waals surface area (Å²) < 4.78 is -0.671. The van der Waals surface area contributed by atoms with Gasteiger partial charge in [0.2, 0.25) is 17.7 Å². The Morgan fingerprint density at radius 1 is 1.28 bits per heavy atom. The largest absolute Gasteiger partial charge is 0.396 e. The SMILES string of the molecule is CNC(=O)[C@H]1[C@H]2C(=O)N(CCCCCO)C(C(=O)Nc3ccccc3Cl)C23CC(Br)[C@@H]1S3. The summed E-state index contributed by atoms with van der Waals surface area (Å²) in [6.07, 6.45) is 2.72. The Labute approximate surface area is 205 Å². The Balaban J connectivity index is 1.68. The van der Waals surface area contributed by atoms with Crippen molar-refractivity contribution in [2.45, 2.75) is 46.5 Å². The first kappa shape index (κ1) is 23.9. The number of halogens is 2. The van der Waals surface area contributed by atoms with E-state index < -0.39 is 22.6 Å². The molecule has 3 amide bonds. The van der Waals surface area contributed by atoms with Gasteiger partial charge in [-0.3, -0.25) is 14.4 Å². The van der Waals surface area contributed by atoms with Gasteiger partial charge in [-0.25, -0.2) is 0 Å². The van der Waals surface area contributed by atoms with Crippen molar-refractivity contribution in [3.05, 3.63) is 29.3 Å². The number of alkyl halides is 1. The van der Waals surface area contributed by atoms with Gasteiger partial charge in [0.05, 0.1) is 27.3 Å². The van der Waals surface area contributed by atoms with Gasteiger partial charge < -0.3 is 20.6 Å². The Morgan fingerprint density at radius 3 is 2.72 bits per heavy atom. The molecule has 1 aromatic carbocycles. The van der Waals surface area contributed by atoms with E-state index in [-0.39, 0.29) is 34.4 Å². The number of carbonyl (C=O) groups excluding carboxylic acids is 3. The highest BCUT2D eigenvalue weighted by atomic mass is 79.9. The fourth-order valence-corrected chi connectivity index (χ4v) is 9.27. The van der Waals surface area contributed by atoms with Crippen molar-refractivity contribution in [1.29, 1.82) is 0 Å². The van der Waals surface area contributed by atoms with Crippen molar-refractivity contribution < 1.29 is 19.5 Å². The normalized spacial score (nSPS) is 32.8. The average molecular weight is 545 g/mol. The van der Waals surface area contributed by atoms with Crippen LogP contribution in [0.15, 0.2) is 24.3 Å². The summed E-state index contributed by atoms with van der Waals surface area (Å²) in [6, 6.07) is 6.32. The minimum atomic E-state index is -0.699. The number of anilines is 1. The number of aliphatic hydroxyl groups excluding tert-OH is 1. The number of carbonyl (C=O) groups is 3. The van der Waals surface area contributed by atoms with Gasteiger partial charge in [-0.1, -0.05) is 39.7 Å². The number of para-hydroxylation sites is 1. The molecule has 3 unspecified atom stereocenters. The second kappa shape index (κ2) is 9.52. The number of rotatable bonds is 8. The zero-order valence-electron chi connectivity index (χ0n) is 17.7. The number of fused-ring (bicyclic) bond motifs is 1. The summed E-state index contributed by atoms with van der Waals surface area (Å²) in [7, 11) is 1.59. The number of nitrogens with zero attached hydrogens (tertiary/aromatic N) is 1. The van der Waals surface area contributed by atoms with E-state index in [0.717, 1.165) is 6.42 Å². The molecule has 174 valence electrons. The zero-order chi connectivity index (χ0) is 23.0. The fraction of sp³-hybridized carbons (Fsp3) is 0.591. The maximum atomic E-state index is 13.7. The first-order chi connectivity index (χ1) is 15.4. The summed E-state index contributed by atoms with van der Waals surface area (Å²) in [5.41, 5.74) is 0.502. The number of hydrogen-bond acceptors (Lipinski definition) is 5. The molecule has 3 fully saturated rings. The average Bonchev–Trinajstić information content (AvgIpc) is 3.36. The van der Waals surface area contributed by atoms with E-state index in [2.05, 4.69) is 26.6 Å². The Bertz CT molecular complexity index is 921. The van der Waals surface area contributed by atoms with E-state index in [1.807, 2.05) is 0 Å². The van der Waals surface area contributed by atoms with Crippen LogP contribution in [0, 0.1) is 11.8 Å². The monoisotopic (exact) mass is 543 g/mol. The summed E-state index contributed by atoms with van der Waals surface area (Å²) in [5.74, 6) is -1.57. The van der Waals surface area contributed by atoms with Crippen molar-refractivity contribution in [3.8, 4) is 0 Å². The first-order valence-corrected chi connectivity index (χ1v) is 13.0. The van der Waals surface area contributed by atoms with Crippen LogP contribution in [0.1, 0.15) is 25.7 Å². The molecule has 3 heterocycles. The van der Waals surface area contributed by atoms with Crippen LogP contribution in [-0.4, -0.2) is 68.8 Å². The van der Waals surface area contributed by atoms with Crippen molar-refractivity contribution in [2.75, 3.05) is 25.5 Å². The lowest BCUT2D eigenvalue weighted by atomic mass is 9.70. The molecular formula is C22H27BrClN3O4S. The minimum absolute atomic E-state index is 0.0452. The Hall–Kier alpha value is -1.29. The molecule has 0 radical (unpaired) electrons. The number of nitrogens with one attached hydrogen (secondary N) is 2. The summed E-state index contributed by atoms with van der Waals surface area (Å²) in [5, 5.41) is 15.1. The van der Waals surface area contributed by atoms with Crippen LogP contribution < -0.4 is 10.6 Å². The molecule has 3 aliphatic rings. The molecule has 0 aromatic heterocycles. The zero-order valence-corrected chi connectivity index (χ0v) is 20.9. The lowest BCUT2D eigenvalue weighted by molar-refractivity contribution is -0.139. The third-order valence-corrected chi connectivity index (χ3v) is 10.3. The number of likely N-dealkylation sites (tertiary alicyclic amines) is 1. The topological polar surface area (TPSA) is 98.7 Å². The molecule has 6 atom stereocenters. The fourth-order valence-electron chi connectivity index (χ4n) is 5.47. The van der Waals surface area contributed by atoms with Gasteiger partial charge in [-0.05, 0) is 37.8 Å². The molecule has 3 N–H and O–H groups in total. The second-order valence-electron chi connectivity index (χ2n) is 8.56. The molecule has 2 bridgehead atoms. The van der Waals surface area contributed by atoms with E-state index in [9.17, 15) is 14.4 Å². The number of unbranched alkanes of at least 4 members (excludes halogenated alkanes) is 2. The van der Waals surface area contributed by atoms with E-state index in [4.69, 9.17) is 16.7 Å². The summed E-state index contributed by atoms with van der Waals surface area (Å²) in [6.45, 7) is 0.509. The number of amides is 3. The molecule has 0 aliphatic carbocycles. The number of hydrogen-bond donors (Lipinski definition) is 3. The molecule has 7 nitrogen and oxygen atoms in total. The number of benzene rings is 1. The first-order valence-electron chi connectivity index (χ1n) is 10.9. The second-order valence-corrected chi connectivity index (χ2v) is 11.7. The number of thioether (sulfide) groups is 1. The predicted molar refractivity (Wildman–Crippen MR) is 129 cm³/mol. The van der Waals surface area contributed by atoms with Gasteiger partial charge in [0.1, 0.15) is 6.04 Å². The van der Waals surface area contributed by atoms with Gasteiger partial charge in [0.25, 0.3) is 0 Å². The molecule has 4 rings (SSSR count). The van der Waals surface area contributed by atoms with Crippen LogP contribution in [0.25, 0.3) is 0 Å². The smallest absolute Gasteiger partial charge is 0.248 e. The van der Waals surface area contributed by atoms with E-state index in [1.54, 1.807) is 48.0 Å². The third-order valence-electron chi connectivity index (χ3n) is 6.78. The quantitative estimate of drug-likeness (QED) is 0.345. The van der Waals surface area contributed by atoms with E-state index >= 15 is 0 Å². The van der Waals surface area contributed by atoms with Gasteiger partial charge in [0, 0.05) is 30.3 Å². The van der Waals surface area contributed by atoms with E-state index in [0.29, 0.717) is 36.5 Å². The minimum Gasteiger partial charge on any atom is -0.396 e. The van der Waals surface area contributed by atoms with Gasteiger partial charge in [-0.2, -0.15) is 0 Å². The predicted octanol–water partition coefficient (Wildman–Crippen LogP) is 2.65. The molecular weight excluding hydrogens is 518 g/mol. The van der Waals surface area contributed by atoms with Crippen LogP contribution in [-0.2, 0) is 14.4 Å². The van der Waals surface area contributed by atoms with Crippen molar-refractivity contribution in [1.82, 2.24) is 10.2 Å². The highest BCUT2D eigenvalue weighted by Gasteiger charge is 2.75. The van der Waals surface area contributed by atoms with Crippen LogP contribution in [0.3, 0.4) is 0 Å². The van der Waals surface area contributed by atoms with E-state index in [1.165, 1.54) is 0 Å². The molecule has 0 saturated carbocycles. The van der Waals surface area contributed by atoms with Gasteiger partial charge >= 0.3 is 0 Å². The van der Waals surface area contributed by atoms with Crippen LogP contribution in [0.5, 0.6) is 0 Å². The summed E-state index contributed by atoms with van der Waals surface area (Å²) in [4.78, 5) is 41.8. The lowest BCUT2D eigenvalue weighted by Gasteiger charge is -2.35. The lowest BCUT2D eigenvalue weighted by Crippen LogP contribution is -2.53. The van der Waals surface area contributed by atoms with Crippen LogP contribution >= 0.6 is 39.3 Å². The van der Waals surface area contributed by atoms with Gasteiger partial charge in [0.15, 0.2) is 0 Å². The molecule has 10 heteroatoms. The third kappa shape index (κ3) is 3.85. The Kier molecular flexibility index (Phi) is 7.10. The van der Waals surface area contributed by atoms with Crippen molar-refractivity contribution in [2.24, 2.45) is 11.8 Å². The maximum absolute atomic E-state index is 13.7. The summed E-state index contributed by atoms with van der Waals surface area (Å²) >= 11 is 11.6. The highest BCUT2D eigenvalue weighted by Crippen LogP contribution is 2.67. The molecule has 1 aromatic rings. The Morgan fingerprint density at radius 2 is 2.03 bits per heavy atom. The molecule has 1 spiro atoms. The number of aliphatic hydroxyl groups is 1. The molecule has 3 aliphatic heterocycles. The maximum Gasteiger partial charge on any atom is 0.248 e. The standard InChI is InChI=1S/C22H27BrClN3O4S/c1-25-19(29)15-16-21(31)27(9-5-2-6-10-28)18(22(16)11-12(23)17(15)32-22)20(30)26-14-8-4-3-7-13(14)24/h3-4,7-8,12,15-18,28H,2,5-6,9-11H2,1H3,(H,25,29)(H,26,30)/t12?,15-,16-,17-,18?,22?/m0/s1. The van der Waals surface area contributed by atoms with Gasteiger partial charge in [-0.15, -0.1) is 11.8 Å².